The normalized spacial score (nSPS) is 29.1. The Labute approximate surface area is 91.4 Å². The lowest BCUT2D eigenvalue weighted by atomic mass is 9.52. The van der Waals surface area contributed by atoms with Gasteiger partial charge < -0.3 is 4.74 Å². The van der Waals surface area contributed by atoms with E-state index >= 15 is 0 Å². The van der Waals surface area contributed by atoms with Gasteiger partial charge >= 0.3 is 5.97 Å². The first-order chi connectivity index (χ1) is 7.27. The highest BCUT2D eigenvalue weighted by atomic mass is 16.5. The fourth-order valence-electron chi connectivity index (χ4n) is 3.21. The number of hydrogen-bond donors (Lipinski definition) is 0. The molecule has 0 aliphatic heterocycles. The highest BCUT2D eigenvalue weighted by Crippen LogP contribution is 2.58. The van der Waals surface area contributed by atoms with Crippen molar-refractivity contribution in [1.29, 1.82) is 0 Å². The van der Waals surface area contributed by atoms with Gasteiger partial charge in [-0.15, -0.1) is 0 Å². The summed E-state index contributed by atoms with van der Waals surface area (Å²) >= 11 is 0. The third-order valence-corrected chi connectivity index (χ3v) is 4.79. The zero-order valence-electron chi connectivity index (χ0n) is 9.34. The van der Waals surface area contributed by atoms with Gasteiger partial charge in [0.1, 0.15) is 0 Å². The maximum atomic E-state index is 11.7. The van der Waals surface area contributed by atoms with Gasteiger partial charge in [-0.1, -0.05) is 12.8 Å². The summed E-state index contributed by atoms with van der Waals surface area (Å²) in [4.78, 5) is 11.7. The second-order valence-corrected chi connectivity index (χ2v) is 5.89. The highest BCUT2D eigenvalue weighted by Gasteiger charge is 2.51. The Morgan fingerprint density at radius 1 is 1.20 bits per heavy atom. The maximum absolute atomic E-state index is 11.7. The molecule has 0 atom stereocenters. The Balaban J connectivity index is 1.38. The fraction of sp³-hybridized carbons (Fsp3) is 0.923. The number of carbonyl (C=O) groups excluding carboxylic acids is 1. The summed E-state index contributed by atoms with van der Waals surface area (Å²) in [7, 11) is 0. The predicted octanol–water partition coefficient (Wildman–Crippen LogP) is 2.91. The Morgan fingerprint density at radius 2 is 1.93 bits per heavy atom. The van der Waals surface area contributed by atoms with Crippen LogP contribution in [0.25, 0.3) is 0 Å². The second-order valence-electron chi connectivity index (χ2n) is 5.89. The summed E-state index contributed by atoms with van der Waals surface area (Å²) in [6.07, 6.45) is 10.2. The molecule has 0 saturated heterocycles. The van der Waals surface area contributed by atoms with Crippen molar-refractivity contribution in [3.05, 3.63) is 0 Å². The molecular formula is C13H20O2. The number of carbonyl (C=O) groups is 1. The van der Waals surface area contributed by atoms with Gasteiger partial charge in [-0.25, -0.2) is 0 Å². The maximum Gasteiger partial charge on any atom is 0.308 e. The quantitative estimate of drug-likeness (QED) is 0.667. The van der Waals surface area contributed by atoms with Crippen LogP contribution in [-0.2, 0) is 9.53 Å². The molecule has 0 aromatic carbocycles. The van der Waals surface area contributed by atoms with Gasteiger partial charge in [-0.2, -0.15) is 0 Å². The summed E-state index contributed by atoms with van der Waals surface area (Å²) in [6, 6.07) is 0. The van der Waals surface area contributed by atoms with Crippen LogP contribution in [0, 0.1) is 17.3 Å². The van der Waals surface area contributed by atoms with E-state index < -0.39 is 0 Å². The summed E-state index contributed by atoms with van der Waals surface area (Å²) in [5, 5.41) is 0. The average Bonchev–Trinajstić information content (AvgIpc) is 1.95. The SMILES string of the molecule is O=C(OCC1CCC1)C1CC2(CCC2)C1. The Kier molecular flexibility index (Phi) is 2.26. The molecule has 84 valence electrons. The molecule has 2 heteroatoms. The zero-order chi connectivity index (χ0) is 10.3. The molecule has 1 spiro atoms. The van der Waals surface area contributed by atoms with Crippen LogP contribution in [0.3, 0.4) is 0 Å². The first-order valence-electron chi connectivity index (χ1n) is 6.44. The van der Waals surface area contributed by atoms with Gasteiger partial charge in [-0.3, -0.25) is 4.79 Å². The minimum Gasteiger partial charge on any atom is -0.465 e. The Hall–Kier alpha value is -0.530. The molecule has 0 bridgehead atoms. The highest BCUT2D eigenvalue weighted by molar-refractivity contribution is 5.73. The van der Waals surface area contributed by atoms with Gasteiger partial charge in [-0.05, 0) is 49.9 Å². The van der Waals surface area contributed by atoms with Crippen LogP contribution in [0.5, 0.6) is 0 Å². The van der Waals surface area contributed by atoms with Crippen LogP contribution in [0.15, 0.2) is 0 Å². The number of hydrogen-bond acceptors (Lipinski definition) is 2. The van der Waals surface area contributed by atoms with E-state index in [0.29, 0.717) is 17.9 Å². The van der Waals surface area contributed by atoms with Crippen molar-refractivity contribution in [3.63, 3.8) is 0 Å². The number of rotatable bonds is 3. The van der Waals surface area contributed by atoms with E-state index in [1.807, 2.05) is 0 Å². The van der Waals surface area contributed by atoms with Crippen LogP contribution in [0.4, 0.5) is 0 Å². The molecule has 3 saturated carbocycles. The van der Waals surface area contributed by atoms with Crippen LogP contribution < -0.4 is 0 Å². The third kappa shape index (κ3) is 1.68. The Morgan fingerprint density at radius 3 is 2.40 bits per heavy atom. The zero-order valence-corrected chi connectivity index (χ0v) is 9.34. The summed E-state index contributed by atoms with van der Waals surface area (Å²) in [5.74, 6) is 1.04. The largest absolute Gasteiger partial charge is 0.465 e. The molecule has 0 N–H and O–H groups in total. The lowest BCUT2D eigenvalue weighted by Crippen LogP contribution is -2.46. The summed E-state index contributed by atoms with van der Waals surface area (Å²) in [5.41, 5.74) is 0.597. The van der Waals surface area contributed by atoms with Gasteiger partial charge in [0, 0.05) is 0 Å². The number of ether oxygens (including phenoxy) is 1. The van der Waals surface area contributed by atoms with E-state index in [9.17, 15) is 4.79 Å². The van der Waals surface area contributed by atoms with Gasteiger partial charge in [0.05, 0.1) is 12.5 Å². The molecule has 3 rings (SSSR count). The minimum absolute atomic E-state index is 0.0967. The van der Waals surface area contributed by atoms with Crippen molar-refractivity contribution in [2.24, 2.45) is 17.3 Å². The van der Waals surface area contributed by atoms with Gasteiger partial charge in [0.25, 0.3) is 0 Å². The van der Waals surface area contributed by atoms with Crippen molar-refractivity contribution in [1.82, 2.24) is 0 Å². The first kappa shape index (κ1) is 9.68. The molecule has 0 amide bonds. The molecule has 15 heavy (non-hydrogen) atoms. The van der Waals surface area contributed by atoms with Crippen LogP contribution in [0.1, 0.15) is 51.4 Å². The van der Waals surface area contributed by atoms with Gasteiger partial charge in [0.2, 0.25) is 0 Å². The van der Waals surface area contributed by atoms with Gasteiger partial charge in [0.15, 0.2) is 0 Å². The van der Waals surface area contributed by atoms with E-state index in [2.05, 4.69) is 0 Å². The number of esters is 1. The molecule has 0 unspecified atom stereocenters. The Bertz CT molecular complexity index is 256. The predicted molar refractivity (Wildman–Crippen MR) is 57.3 cm³/mol. The van der Waals surface area contributed by atoms with E-state index in [0.717, 1.165) is 12.8 Å². The molecule has 2 nitrogen and oxygen atoms in total. The molecule has 0 radical (unpaired) electrons. The standard InChI is InChI=1S/C13H20O2/c14-12(15-9-10-3-1-4-10)11-7-13(8-11)5-2-6-13/h10-11H,1-9H2. The van der Waals surface area contributed by atoms with Crippen molar-refractivity contribution in [2.45, 2.75) is 51.4 Å². The fourth-order valence-corrected chi connectivity index (χ4v) is 3.21. The monoisotopic (exact) mass is 208 g/mol. The minimum atomic E-state index is 0.0967. The van der Waals surface area contributed by atoms with Crippen LogP contribution >= 0.6 is 0 Å². The van der Waals surface area contributed by atoms with E-state index in [4.69, 9.17) is 4.74 Å². The average molecular weight is 208 g/mol. The molecule has 0 heterocycles. The topological polar surface area (TPSA) is 26.3 Å². The van der Waals surface area contributed by atoms with E-state index in [-0.39, 0.29) is 11.9 Å². The molecule has 0 aromatic heterocycles. The van der Waals surface area contributed by atoms with E-state index in [1.165, 1.54) is 38.5 Å². The molecule has 3 fully saturated rings. The van der Waals surface area contributed by atoms with Crippen LogP contribution in [-0.4, -0.2) is 12.6 Å². The summed E-state index contributed by atoms with van der Waals surface area (Å²) in [6.45, 7) is 0.697. The van der Waals surface area contributed by atoms with Crippen molar-refractivity contribution < 1.29 is 9.53 Å². The van der Waals surface area contributed by atoms with Crippen molar-refractivity contribution >= 4 is 5.97 Å². The van der Waals surface area contributed by atoms with Crippen molar-refractivity contribution in [2.75, 3.05) is 6.61 Å². The molecular weight excluding hydrogens is 188 g/mol. The molecule has 3 aliphatic rings. The lowest BCUT2D eigenvalue weighted by Gasteiger charge is -2.53. The third-order valence-electron chi connectivity index (χ3n) is 4.79. The molecule has 0 aromatic rings. The van der Waals surface area contributed by atoms with Crippen molar-refractivity contribution in [3.8, 4) is 0 Å². The van der Waals surface area contributed by atoms with Crippen LogP contribution in [0.2, 0.25) is 0 Å². The lowest BCUT2D eigenvalue weighted by molar-refractivity contribution is -0.163. The smallest absolute Gasteiger partial charge is 0.308 e. The second kappa shape index (κ2) is 3.50. The van der Waals surface area contributed by atoms with E-state index in [1.54, 1.807) is 0 Å². The summed E-state index contributed by atoms with van der Waals surface area (Å²) < 4.78 is 5.37. The molecule has 3 aliphatic carbocycles. The first-order valence-corrected chi connectivity index (χ1v) is 6.44.